The van der Waals surface area contributed by atoms with E-state index in [1.807, 2.05) is 39.0 Å². The number of nitrogens with zero attached hydrogens (tertiary/aromatic N) is 1. The molecule has 1 saturated heterocycles. The topological polar surface area (TPSA) is 49.4 Å². The second-order valence-corrected chi connectivity index (χ2v) is 6.39. The van der Waals surface area contributed by atoms with Gasteiger partial charge in [0.05, 0.1) is 5.92 Å². The zero-order chi connectivity index (χ0) is 16.3. The Labute approximate surface area is 132 Å². The van der Waals surface area contributed by atoms with Crippen LogP contribution in [0.2, 0.25) is 0 Å². The first-order chi connectivity index (χ1) is 10.4. The first-order valence-electron chi connectivity index (χ1n) is 8.10. The molecule has 4 nitrogen and oxygen atoms in total. The lowest BCUT2D eigenvalue weighted by Crippen LogP contribution is -2.38. The SMILES string of the molecule is CCCC(C)NC(=O)C1CC(=O)N(c2cc(C)ccc2C)C1. The first kappa shape index (κ1) is 16.5. The molecule has 1 aromatic carbocycles. The van der Waals surface area contributed by atoms with E-state index in [9.17, 15) is 9.59 Å². The molecule has 1 fully saturated rings. The third kappa shape index (κ3) is 3.67. The van der Waals surface area contributed by atoms with E-state index in [1.165, 1.54) is 0 Å². The number of nitrogens with one attached hydrogen (secondary N) is 1. The van der Waals surface area contributed by atoms with Crippen LogP contribution in [0.15, 0.2) is 18.2 Å². The van der Waals surface area contributed by atoms with Crippen molar-refractivity contribution in [3.63, 3.8) is 0 Å². The van der Waals surface area contributed by atoms with Gasteiger partial charge in [-0.25, -0.2) is 0 Å². The number of hydrogen-bond donors (Lipinski definition) is 1. The summed E-state index contributed by atoms with van der Waals surface area (Å²) >= 11 is 0. The molecule has 2 rings (SSSR count). The van der Waals surface area contributed by atoms with Gasteiger partial charge in [-0.2, -0.15) is 0 Å². The molecule has 0 aromatic heterocycles. The molecule has 0 bridgehead atoms. The smallest absolute Gasteiger partial charge is 0.227 e. The van der Waals surface area contributed by atoms with E-state index in [4.69, 9.17) is 0 Å². The molecule has 1 aliphatic heterocycles. The highest BCUT2D eigenvalue weighted by Gasteiger charge is 2.35. The van der Waals surface area contributed by atoms with Crippen molar-refractivity contribution in [3.8, 4) is 0 Å². The van der Waals surface area contributed by atoms with E-state index in [1.54, 1.807) is 4.90 Å². The van der Waals surface area contributed by atoms with E-state index in [0.29, 0.717) is 13.0 Å². The largest absolute Gasteiger partial charge is 0.353 e. The van der Waals surface area contributed by atoms with Crippen LogP contribution in [-0.2, 0) is 9.59 Å². The summed E-state index contributed by atoms with van der Waals surface area (Å²) < 4.78 is 0. The average molecular weight is 302 g/mol. The van der Waals surface area contributed by atoms with Gasteiger partial charge in [0.25, 0.3) is 0 Å². The number of carbonyl (C=O) groups is 2. The van der Waals surface area contributed by atoms with Gasteiger partial charge < -0.3 is 10.2 Å². The lowest BCUT2D eigenvalue weighted by Gasteiger charge is -2.20. The molecule has 2 amide bonds. The third-order valence-electron chi connectivity index (χ3n) is 4.26. The molecule has 2 unspecified atom stereocenters. The van der Waals surface area contributed by atoms with Crippen molar-refractivity contribution in [1.82, 2.24) is 5.32 Å². The van der Waals surface area contributed by atoms with Crippen LogP contribution in [0.1, 0.15) is 44.2 Å². The van der Waals surface area contributed by atoms with Gasteiger partial charge in [0.15, 0.2) is 0 Å². The lowest BCUT2D eigenvalue weighted by molar-refractivity contribution is -0.126. The highest BCUT2D eigenvalue weighted by molar-refractivity contribution is 6.00. The summed E-state index contributed by atoms with van der Waals surface area (Å²) in [6.45, 7) is 8.61. The number of aryl methyl sites for hydroxylation is 2. The van der Waals surface area contributed by atoms with Gasteiger partial charge in [0.1, 0.15) is 0 Å². The van der Waals surface area contributed by atoms with Crippen LogP contribution in [-0.4, -0.2) is 24.4 Å². The molecule has 22 heavy (non-hydrogen) atoms. The van der Waals surface area contributed by atoms with Crippen LogP contribution in [0, 0.1) is 19.8 Å². The minimum atomic E-state index is -0.244. The Morgan fingerprint density at radius 1 is 1.41 bits per heavy atom. The van der Waals surface area contributed by atoms with Crippen molar-refractivity contribution in [2.24, 2.45) is 5.92 Å². The first-order valence-corrected chi connectivity index (χ1v) is 8.10. The molecular weight excluding hydrogens is 276 g/mol. The fourth-order valence-electron chi connectivity index (χ4n) is 2.99. The van der Waals surface area contributed by atoms with Crippen LogP contribution in [0.3, 0.4) is 0 Å². The molecule has 0 radical (unpaired) electrons. The van der Waals surface area contributed by atoms with E-state index in [0.717, 1.165) is 29.7 Å². The summed E-state index contributed by atoms with van der Waals surface area (Å²) in [6.07, 6.45) is 2.31. The van der Waals surface area contributed by atoms with Gasteiger partial charge in [-0.3, -0.25) is 9.59 Å². The summed E-state index contributed by atoms with van der Waals surface area (Å²) in [4.78, 5) is 26.4. The van der Waals surface area contributed by atoms with Crippen LogP contribution in [0.4, 0.5) is 5.69 Å². The normalized spacial score (nSPS) is 19.4. The fraction of sp³-hybridized carbons (Fsp3) is 0.556. The number of carbonyl (C=O) groups excluding carboxylic acids is 2. The molecule has 120 valence electrons. The molecule has 4 heteroatoms. The minimum absolute atomic E-state index is 0.00195. The van der Waals surface area contributed by atoms with Crippen LogP contribution in [0.5, 0.6) is 0 Å². The number of anilines is 1. The molecule has 1 aromatic rings. The highest BCUT2D eigenvalue weighted by Crippen LogP contribution is 2.28. The summed E-state index contributed by atoms with van der Waals surface area (Å²) in [5.74, 6) is -0.203. The monoisotopic (exact) mass is 302 g/mol. The molecule has 1 aliphatic rings. The Balaban J connectivity index is 2.07. The predicted molar refractivity (Wildman–Crippen MR) is 88.9 cm³/mol. The zero-order valence-electron chi connectivity index (χ0n) is 14.0. The van der Waals surface area contributed by atoms with Gasteiger partial charge in [0, 0.05) is 24.7 Å². The van der Waals surface area contributed by atoms with Crippen LogP contribution < -0.4 is 10.2 Å². The van der Waals surface area contributed by atoms with Gasteiger partial charge >= 0.3 is 0 Å². The van der Waals surface area contributed by atoms with Crippen molar-refractivity contribution in [1.29, 1.82) is 0 Å². The summed E-state index contributed by atoms with van der Waals surface area (Å²) in [6, 6.07) is 6.25. The van der Waals surface area contributed by atoms with Crippen molar-refractivity contribution in [3.05, 3.63) is 29.3 Å². The number of rotatable bonds is 5. The number of hydrogen-bond acceptors (Lipinski definition) is 2. The maximum Gasteiger partial charge on any atom is 0.227 e. The van der Waals surface area contributed by atoms with E-state index in [2.05, 4.69) is 12.2 Å². The average Bonchev–Trinajstić information content (AvgIpc) is 2.84. The Morgan fingerprint density at radius 3 is 2.82 bits per heavy atom. The Kier molecular flexibility index (Phi) is 5.22. The molecule has 1 heterocycles. The number of benzene rings is 1. The Bertz CT molecular complexity index is 568. The van der Waals surface area contributed by atoms with Crippen molar-refractivity contribution in [2.45, 2.75) is 53.0 Å². The maximum atomic E-state index is 12.3. The molecule has 2 atom stereocenters. The van der Waals surface area contributed by atoms with Gasteiger partial charge in [-0.15, -0.1) is 0 Å². The summed E-state index contributed by atoms with van der Waals surface area (Å²) in [5, 5.41) is 3.02. The van der Waals surface area contributed by atoms with Crippen LogP contribution in [0.25, 0.3) is 0 Å². The predicted octanol–water partition coefficient (Wildman–Crippen LogP) is 2.96. The summed E-state index contributed by atoms with van der Waals surface area (Å²) in [7, 11) is 0. The minimum Gasteiger partial charge on any atom is -0.353 e. The maximum absolute atomic E-state index is 12.3. The lowest BCUT2D eigenvalue weighted by atomic mass is 10.1. The second-order valence-electron chi connectivity index (χ2n) is 6.39. The Morgan fingerprint density at radius 2 is 2.14 bits per heavy atom. The summed E-state index contributed by atoms with van der Waals surface area (Å²) in [5.41, 5.74) is 3.12. The van der Waals surface area contributed by atoms with Crippen LogP contribution >= 0.6 is 0 Å². The molecule has 1 N–H and O–H groups in total. The number of amides is 2. The highest BCUT2D eigenvalue weighted by atomic mass is 16.2. The molecular formula is C18H26N2O2. The third-order valence-corrected chi connectivity index (χ3v) is 4.26. The van der Waals surface area contributed by atoms with E-state index < -0.39 is 0 Å². The quantitative estimate of drug-likeness (QED) is 0.909. The molecule has 0 saturated carbocycles. The van der Waals surface area contributed by atoms with E-state index >= 15 is 0 Å². The molecule has 0 spiro atoms. The second kappa shape index (κ2) is 6.95. The Hall–Kier alpha value is -1.84. The van der Waals surface area contributed by atoms with E-state index in [-0.39, 0.29) is 23.8 Å². The fourth-order valence-corrected chi connectivity index (χ4v) is 2.99. The molecule has 0 aliphatic carbocycles. The van der Waals surface area contributed by atoms with Crippen molar-refractivity contribution in [2.75, 3.05) is 11.4 Å². The van der Waals surface area contributed by atoms with Crippen molar-refractivity contribution < 1.29 is 9.59 Å². The standard InChI is InChI=1S/C18H26N2O2/c1-5-6-14(4)19-18(22)15-10-17(21)20(11-15)16-9-12(2)7-8-13(16)3/h7-9,14-15H,5-6,10-11H2,1-4H3,(H,19,22). The van der Waals surface area contributed by atoms with Crippen molar-refractivity contribution >= 4 is 17.5 Å². The van der Waals surface area contributed by atoms with Gasteiger partial charge in [-0.05, 0) is 44.4 Å². The van der Waals surface area contributed by atoms with Gasteiger partial charge in [-0.1, -0.05) is 25.5 Å². The van der Waals surface area contributed by atoms with Gasteiger partial charge in [0.2, 0.25) is 11.8 Å². The zero-order valence-corrected chi connectivity index (χ0v) is 14.0.